The molecule has 0 amide bonds. The summed E-state index contributed by atoms with van der Waals surface area (Å²) in [6.45, 7) is 11.2. The fraction of sp³-hybridized carbons (Fsp3) is 0.647. The molecule has 1 saturated carbocycles. The summed E-state index contributed by atoms with van der Waals surface area (Å²) >= 11 is 0. The van der Waals surface area contributed by atoms with Crippen LogP contribution in [0.5, 0.6) is 0 Å². The van der Waals surface area contributed by atoms with Crippen molar-refractivity contribution in [3.63, 3.8) is 0 Å². The lowest BCUT2D eigenvalue weighted by molar-refractivity contribution is 0.441. The Hall–Kier alpha value is -0.530. The molecule has 2 rings (SSSR count). The fourth-order valence-corrected chi connectivity index (χ4v) is 3.58. The molecule has 0 unspecified atom stereocenters. The molecule has 1 aliphatic rings. The summed E-state index contributed by atoms with van der Waals surface area (Å²) in [5.41, 5.74) is 15.2. The van der Waals surface area contributed by atoms with E-state index in [1.807, 2.05) is 0 Å². The normalized spacial score (nSPS) is 17.4. The molecule has 2 heteroatoms. The summed E-state index contributed by atoms with van der Waals surface area (Å²) in [6.07, 6.45) is 5.35. The van der Waals surface area contributed by atoms with Crippen molar-refractivity contribution in [2.75, 3.05) is 0 Å². The number of hydrogen-bond acceptors (Lipinski definition) is 1. The van der Waals surface area contributed by atoms with Crippen LogP contribution >= 0.6 is 12.4 Å². The average Bonchev–Trinajstić information content (AvgIpc) is 2.88. The van der Waals surface area contributed by atoms with Crippen LogP contribution in [0.2, 0.25) is 0 Å². The zero-order valence-corrected chi connectivity index (χ0v) is 13.8. The average molecular weight is 282 g/mol. The summed E-state index contributed by atoms with van der Waals surface area (Å²) in [5.74, 6) is 0.698. The van der Waals surface area contributed by atoms with Crippen molar-refractivity contribution in [3.05, 3.63) is 33.4 Å². The fourth-order valence-electron chi connectivity index (χ4n) is 3.58. The van der Waals surface area contributed by atoms with Gasteiger partial charge in [0.15, 0.2) is 0 Å². The standard InChI is InChI=1S/C17H27N.ClH/c1-10-11(2)13(4)16(14(5)12(10)3)17(18)15-8-6-7-9-15;/h15,17H,6-9,18H2,1-5H3;1H/t17-;/m1./s1. The molecular weight excluding hydrogens is 254 g/mol. The van der Waals surface area contributed by atoms with Crippen LogP contribution in [0.3, 0.4) is 0 Å². The molecule has 1 aliphatic carbocycles. The Bertz CT molecular complexity index is 430. The Balaban J connectivity index is 0.00000180. The molecule has 0 aromatic heterocycles. The molecule has 0 heterocycles. The van der Waals surface area contributed by atoms with Crippen molar-refractivity contribution in [3.8, 4) is 0 Å². The summed E-state index contributed by atoms with van der Waals surface area (Å²) in [4.78, 5) is 0. The van der Waals surface area contributed by atoms with E-state index < -0.39 is 0 Å². The molecule has 0 spiro atoms. The minimum atomic E-state index is 0. The minimum Gasteiger partial charge on any atom is -0.324 e. The third kappa shape index (κ3) is 2.83. The predicted molar refractivity (Wildman–Crippen MR) is 86.3 cm³/mol. The van der Waals surface area contributed by atoms with Gasteiger partial charge < -0.3 is 5.73 Å². The molecule has 1 nitrogen and oxygen atoms in total. The highest BCUT2D eigenvalue weighted by atomic mass is 35.5. The van der Waals surface area contributed by atoms with Gasteiger partial charge in [-0.2, -0.15) is 0 Å². The van der Waals surface area contributed by atoms with Crippen LogP contribution in [0, 0.1) is 40.5 Å². The highest BCUT2D eigenvalue weighted by Gasteiger charge is 2.26. The van der Waals surface area contributed by atoms with Crippen molar-refractivity contribution < 1.29 is 0 Å². The Morgan fingerprint density at radius 1 is 0.789 bits per heavy atom. The highest BCUT2D eigenvalue weighted by Crippen LogP contribution is 2.38. The van der Waals surface area contributed by atoms with Crippen molar-refractivity contribution in [2.24, 2.45) is 11.7 Å². The summed E-state index contributed by atoms with van der Waals surface area (Å²) in [5, 5.41) is 0. The molecule has 108 valence electrons. The van der Waals surface area contributed by atoms with Crippen LogP contribution in [0.4, 0.5) is 0 Å². The highest BCUT2D eigenvalue weighted by molar-refractivity contribution is 5.85. The van der Waals surface area contributed by atoms with Crippen LogP contribution in [-0.4, -0.2) is 0 Å². The first kappa shape index (κ1) is 16.5. The van der Waals surface area contributed by atoms with Gasteiger partial charge in [-0.1, -0.05) is 12.8 Å². The van der Waals surface area contributed by atoms with E-state index in [1.165, 1.54) is 59.1 Å². The number of rotatable bonds is 2. The lowest BCUT2D eigenvalue weighted by Gasteiger charge is -2.27. The van der Waals surface area contributed by atoms with E-state index in [-0.39, 0.29) is 18.4 Å². The van der Waals surface area contributed by atoms with Gasteiger partial charge in [0.05, 0.1) is 0 Å². The monoisotopic (exact) mass is 281 g/mol. The maximum Gasteiger partial charge on any atom is 0.0328 e. The van der Waals surface area contributed by atoms with Crippen LogP contribution in [0.1, 0.15) is 65.1 Å². The number of benzene rings is 1. The maximum absolute atomic E-state index is 6.59. The topological polar surface area (TPSA) is 26.0 Å². The first-order valence-corrected chi connectivity index (χ1v) is 7.27. The molecule has 0 saturated heterocycles. The van der Waals surface area contributed by atoms with Crippen molar-refractivity contribution in [1.82, 2.24) is 0 Å². The number of hydrogen-bond donors (Lipinski definition) is 1. The molecule has 1 fully saturated rings. The van der Waals surface area contributed by atoms with E-state index in [9.17, 15) is 0 Å². The van der Waals surface area contributed by atoms with Gasteiger partial charge >= 0.3 is 0 Å². The van der Waals surface area contributed by atoms with Gasteiger partial charge in [0.25, 0.3) is 0 Å². The van der Waals surface area contributed by atoms with Crippen LogP contribution in [0.15, 0.2) is 0 Å². The largest absolute Gasteiger partial charge is 0.324 e. The maximum atomic E-state index is 6.59. The summed E-state index contributed by atoms with van der Waals surface area (Å²) in [6, 6.07) is 0.241. The molecular formula is C17H28ClN. The van der Waals surface area contributed by atoms with Gasteiger partial charge in [0, 0.05) is 6.04 Å². The van der Waals surface area contributed by atoms with E-state index in [1.54, 1.807) is 0 Å². The van der Waals surface area contributed by atoms with Crippen molar-refractivity contribution in [1.29, 1.82) is 0 Å². The van der Waals surface area contributed by atoms with Gasteiger partial charge in [0.2, 0.25) is 0 Å². The Morgan fingerprint density at radius 2 is 1.16 bits per heavy atom. The molecule has 0 aliphatic heterocycles. The predicted octanol–water partition coefficient (Wildman–Crippen LogP) is 4.84. The van der Waals surface area contributed by atoms with Gasteiger partial charge in [-0.15, -0.1) is 12.4 Å². The van der Waals surface area contributed by atoms with Gasteiger partial charge in [-0.25, -0.2) is 0 Å². The van der Waals surface area contributed by atoms with Gasteiger partial charge in [-0.05, 0) is 86.8 Å². The molecule has 19 heavy (non-hydrogen) atoms. The molecule has 1 atom stereocenters. The van der Waals surface area contributed by atoms with Gasteiger partial charge in [0.1, 0.15) is 0 Å². The smallest absolute Gasteiger partial charge is 0.0328 e. The van der Waals surface area contributed by atoms with E-state index in [2.05, 4.69) is 34.6 Å². The third-order valence-electron chi connectivity index (χ3n) is 5.30. The second kappa shape index (κ2) is 6.28. The van der Waals surface area contributed by atoms with Crippen molar-refractivity contribution in [2.45, 2.75) is 66.3 Å². The lowest BCUT2D eigenvalue weighted by Crippen LogP contribution is -2.22. The first-order valence-electron chi connectivity index (χ1n) is 7.27. The summed E-state index contributed by atoms with van der Waals surface area (Å²) < 4.78 is 0. The quantitative estimate of drug-likeness (QED) is 0.825. The lowest BCUT2D eigenvalue weighted by atomic mass is 9.82. The second-order valence-electron chi connectivity index (χ2n) is 6.11. The molecule has 0 radical (unpaired) electrons. The molecule has 0 bridgehead atoms. The SMILES string of the molecule is Cc1c(C)c(C)c([C@H](N)C2CCCC2)c(C)c1C.Cl. The van der Waals surface area contributed by atoms with Gasteiger partial charge in [-0.3, -0.25) is 0 Å². The van der Waals surface area contributed by atoms with E-state index >= 15 is 0 Å². The second-order valence-corrected chi connectivity index (χ2v) is 6.11. The van der Waals surface area contributed by atoms with E-state index in [0.717, 1.165) is 0 Å². The summed E-state index contributed by atoms with van der Waals surface area (Å²) in [7, 11) is 0. The van der Waals surface area contributed by atoms with Crippen LogP contribution in [-0.2, 0) is 0 Å². The van der Waals surface area contributed by atoms with Crippen molar-refractivity contribution >= 4 is 12.4 Å². The van der Waals surface area contributed by atoms with Crippen LogP contribution in [0.25, 0.3) is 0 Å². The zero-order valence-electron chi connectivity index (χ0n) is 13.0. The number of nitrogens with two attached hydrogens (primary N) is 1. The minimum absolute atomic E-state index is 0. The molecule has 1 aromatic rings. The number of halogens is 1. The molecule has 2 N–H and O–H groups in total. The van der Waals surface area contributed by atoms with Crippen LogP contribution < -0.4 is 5.73 Å². The third-order valence-corrected chi connectivity index (χ3v) is 5.30. The Kier molecular flexibility index (Phi) is 5.46. The Labute approximate surface area is 124 Å². The first-order chi connectivity index (χ1) is 8.45. The zero-order chi connectivity index (χ0) is 13.4. The van der Waals surface area contributed by atoms with E-state index in [4.69, 9.17) is 5.73 Å². The van der Waals surface area contributed by atoms with E-state index in [0.29, 0.717) is 5.92 Å². The Morgan fingerprint density at radius 3 is 1.58 bits per heavy atom. The molecule has 1 aromatic carbocycles.